The van der Waals surface area contributed by atoms with Crippen molar-refractivity contribution < 1.29 is 0 Å². The standard InChI is InChI=1S/C7H12N2/c1-6-7(5-8)3-2-4-9-6/h2-3,9H,4-5,8H2,1H3. The fraction of sp³-hybridized carbons (Fsp3) is 0.429. The molecule has 0 radical (unpaired) electrons. The first kappa shape index (κ1) is 6.36. The van der Waals surface area contributed by atoms with Crippen LogP contribution in [0.1, 0.15) is 6.92 Å². The minimum absolute atomic E-state index is 0.634. The Morgan fingerprint density at radius 3 is 3.00 bits per heavy atom. The van der Waals surface area contributed by atoms with Gasteiger partial charge in [0.15, 0.2) is 0 Å². The van der Waals surface area contributed by atoms with Crippen LogP contribution in [0.2, 0.25) is 0 Å². The third-order valence-electron chi connectivity index (χ3n) is 1.51. The molecule has 0 amide bonds. The van der Waals surface area contributed by atoms with E-state index in [2.05, 4.69) is 17.5 Å². The van der Waals surface area contributed by atoms with Crippen molar-refractivity contribution in [3.8, 4) is 0 Å². The first-order valence-electron chi connectivity index (χ1n) is 3.15. The number of nitrogens with one attached hydrogen (secondary N) is 1. The summed E-state index contributed by atoms with van der Waals surface area (Å²) in [5, 5.41) is 3.20. The van der Waals surface area contributed by atoms with Gasteiger partial charge in [0.25, 0.3) is 0 Å². The van der Waals surface area contributed by atoms with Crippen LogP contribution >= 0.6 is 0 Å². The molecule has 0 saturated heterocycles. The average molecular weight is 124 g/mol. The second-order valence-electron chi connectivity index (χ2n) is 2.14. The average Bonchev–Trinajstić information content (AvgIpc) is 1.89. The molecule has 0 aromatic heterocycles. The van der Waals surface area contributed by atoms with Crippen LogP contribution in [-0.4, -0.2) is 13.1 Å². The molecule has 0 spiro atoms. The van der Waals surface area contributed by atoms with Gasteiger partial charge < -0.3 is 11.1 Å². The van der Waals surface area contributed by atoms with Crippen LogP contribution in [0.5, 0.6) is 0 Å². The molecule has 0 aliphatic carbocycles. The molecule has 1 rings (SSSR count). The van der Waals surface area contributed by atoms with E-state index < -0.39 is 0 Å². The summed E-state index contributed by atoms with van der Waals surface area (Å²) in [7, 11) is 0. The number of dihydropyridines is 1. The third-order valence-corrected chi connectivity index (χ3v) is 1.51. The molecule has 1 heterocycles. The highest BCUT2D eigenvalue weighted by molar-refractivity contribution is 5.28. The largest absolute Gasteiger partial charge is 0.385 e. The van der Waals surface area contributed by atoms with Crippen molar-refractivity contribution >= 4 is 0 Å². The highest BCUT2D eigenvalue weighted by Crippen LogP contribution is 2.04. The zero-order valence-corrected chi connectivity index (χ0v) is 5.65. The van der Waals surface area contributed by atoms with Gasteiger partial charge in [-0.3, -0.25) is 0 Å². The molecule has 9 heavy (non-hydrogen) atoms. The van der Waals surface area contributed by atoms with Gasteiger partial charge in [-0.2, -0.15) is 0 Å². The number of hydrogen-bond acceptors (Lipinski definition) is 2. The summed E-state index contributed by atoms with van der Waals surface area (Å²) in [6.07, 6.45) is 4.15. The zero-order chi connectivity index (χ0) is 6.69. The van der Waals surface area contributed by atoms with Crippen molar-refractivity contribution in [3.05, 3.63) is 23.4 Å². The van der Waals surface area contributed by atoms with E-state index in [0.717, 1.165) is 6.54 Å². The van der Waals surface area contributed by atoms with E-state index in [1.807, 2.05) is 6.92 Å². The summed E-state index contributed by atoms with van der Waals surface area (Å²) in [4.78, 5) is 0. The number of allylic oxidation sites excluding steroid dienone is 1. The number of hydrogen-bond donors (Lipinski definition) is 2. The lowest BCUT2D eigenvalue weighted by Crippen LogP contribution is -2.19. The maximum atomic E-state index is 5.44. The molecule has 0 atom stereocenters. The third kappa shape index (κ3) is 1.33. The highest BCUT2D eigenvalue weighted by Gasteiger charge is 1.98. The quantitative estimate of drug-likeness (QED) is 0.530. The monoisotopic (exact) mass is 124 g/mol. The molecule has 1 aliphatic rings. The molecule has 3 N–H and O–H groups in total. The van der Waals surface area contributed by atoms with E-state index in [1.165, 1.54) is 11.3 Å². The van der Waals surface area contributed by atoms with Crippen molar-refractivity contribution in [1.29, 1.82) is 0 Å². The molecular formula is C7H12N2. The summed E-state index contributed by atoms with van der Waals surface area (Å²) in [6, 6.07) is 0. The number of nitrogens with two attached hydrogens (primary N) is 1. The van der Waals surface area contributed by atoms with Crippen molar-refractivity contribution in [2.75, 3.05) is 13.1 Å². The zero-order valence-electron chi connectivity index (χ0n) is 5.65. The Bertz CT molecular complexity index is 156. The summed E-state index contributed by atoms with van der Waals surface area (Å²) in [6.45, 7) is 3.62. The fourth-order valence-corrected chi connectivity index (χ4v) is 0.873. The Labute approximate surface area is 55.4 Å². The lowest BCUT2D eigenvalue weighted by Gasteiger charge is -2.12. The van der Waals surface area contributed by atoms with Gasteiger partial charge in [-0.1, -0.05) is 12.2 Å². The van der Waals surface area contributed by atoms with Crippen LogP contribution in [0, 0.1) is 0 Å². The molecule has 0 unspecified atom stereocenters. The lowest BCUT2D eigenvalue weighted by atomic mass is 10.1. The van der Waals surface area contributed by atoms with Crippen LogP contribution < -0.4 is 11.1 Å². The minimum Gasteiger partial charge on any atom is -0.385 e. The Morgan fingerprint density at radius 2 is 2.56 bits per heavy atom. The summed E-state index contributed by atoms with van der Waals surface area (Å²) in [5.74, 6) is 0. The van der Waals surface area contributed by atoms with E-state index in [4.69, 9.17) is 5.73 Å². The Balaban J connectivity index is 2.72. The maximum Gasteiger partial charge on any atom is 0.0330 e. The minimum atomic E-state index is 0.634. The molecule has 50 valence electrons. The molecule has 1 aliphatic heterocycles. The molecule has 0 aromatic carbocycles. The van der Waals surface area contributed by atoms with E-state index in [0.29, 0.717) is 6.54 Å². The molecule has 0 bridgehead atoms. The van der Waals surface area contributed by atoms with Crippen LogP contribution in [-0.2, 0) is 0 Å². The van der Waals surface area contributed by atoms with Crippen LogP contribution in [0.15, 0.2) is 23.4 Å². The topological polar surface area (TPSA) is 38.0 Å². The smallest absolute Gasteiger partial charge is 0.0330 e. The Morgan fingerprint density at radius 1 is 1.78 bits per heavy atom. The van der Waals surface area contributed by atoms with E-state index in [1.54, 1.807) is 0 Å². The number of rotatable bonds is 1. The van der Waals surface area contributed by atoms with E-state index in [9.17, 15) is 0 Å². The maximum absolute atomic E-state index is 5.44. The molecular weight excluding hydrogens is 112 g/mol. The van der Waals surface area contributed by atoms with Gasteiger partial charge in [-0.05, 0) is 12.5 Å². The summed E-state index contributed by atoms with van der Waals surface area (Å²) in [5.41, 5.74) is 7.86. The predicted molar refractivity (Wildman–Crippen MR) is 38.9 cm³/mol. The van der Waals surface area contributed by atoms with Crippen molar-refractivity contribution in [2.45, 2.75) is 6.92 Å². The SMILES string of the molecule is CC1=C(CN)C=CCN1. The first-order valence-corrected chi connectivity index (χ1v) is 3.15. The fourth-order valence-electron chi connectivity index (χ4n) is 0.873. The molecule has 2 nitrogen and oxygen atoms in total. The van der Waals surface area contributed by atoms with E-state index in [-0.39, 0.29) is 0 Å². The Hall–Kier alpha value is -0.760. The van der Waals surface area contributed by atoms with Crippen molar-refractivity contribution in [3.63, 3.8) is 0 Å². The van der Waals surface area contributed by atoms with Gasteiger partial charge in [-0.15, -0.1) is 0 Å². The first-order chi connectivity index (χ1) is 4.34. The van der Waals surface area contributed by atoms with Gasteiger partial charge >= 0.3 is 0 Å². The van der Waals surface area contributed by atoms with Gasteiger partial charge in [0.05, 0.1) is 0 Å². The van der Waals surface area contributed by atoms with Crippen molar-refractivity contribution in [2.24, 2.45) is 5.73 Å². The molecule has 2 heteroatoms. The molecule has 0 aromatic rings. The Kier molecular flexibility index (Phi) is 1.90. The van der Waals surface area contributed by atoms with Gasteiger partial charge in [0.1, 0.15) is 0 Å². The summed E-state index contributed by atoms with van der Waals surface area (Å²) >= 11 is 0. The van der Waals surface area contributed by atoms with Crippen LogP contribution in [0.3, 0.4) is 0 Å². The van der Waals surface area contributed by atoms with Crippen molar-refractivity contribution in [1.82, 2.24) is 5.32 Å². The van der Waals surface area contributed by atoms with Gasteiger partial charge in [-0.25, -0.2) is 0 Å². The predicted octanol–water partition coefficient (Wildman–Crippen LogP) is 0.379. The van der Waals surface area contributed by atoms with Gasteiger partial charge in [0.2, 0.25) is 0 Å². The second kappa shape index (κ2) is 2.69. The van der Waals surface area contributed by atoms with Gasteiger partial charge in [0, 0.05) is 18.8 Å². The second-order valence-corrected chi connectivity index (χ2v) is 2.14. The van der Waals surface area contributed by atoms with E-state index >= 15 is 0 Å². The summed E-state index contributed by atoms with van der Waals surface area (Å²) < 4.78 is 0. The van der Waals surface area contributed by atoms with Crippen LogP contribution in [0.25, 0.3) is 0 Å². The molecule has 0 saturated carbocycles. The lowest BCUT2D eigenvalue weighted by molar-refractivity contribution is 0.860. The normalized spacial score (nSPS) is 18.0. The van der Waals surface area contributed by atoms with Crippen LogP contribution in [0.4, 0.5) is 0 Å². The highest BCUT2D eigenvalue weighted by atomic mass is 14.9. The molecule has 0 fully saturated rings.